The molecule has 0 saturated heterocycles. The van der Waals surface area contributed by atoms with Gasteiger partial charge in [0, 0.05) is 0 Å². The molecular formula is C16H22O2. The summed E-state index contributed by atoms with van der Waals surface area (Å²) in [6.45, 7) is 4.28. The van der Waals surface area contributed by atoms with Crippen molar-refractivity contribution in [2.75, 3.05) is 0 Å². The van der Waals surface area contributed by atoms with Gasteiger partial charge in [-0.15, -0.1) is 0 Å². The highest BCUT2D eigenvalue weighted by Crippen LogP contribution is 2.21. The van der Waals surface area contributed by atoms with Crippen molar-refractivity contribution in [3.63, 3.8) is 0 Å². The maximum Gasteiger partial charge on any atom is 0.307 e. The minimum atomic E-state index is -0.772. The van der Waals surface area contributed by atoms with E-state index in [1.807, 2.05) is 6.08 Å². The zero-order chi connectivity index (χ0) is 13.4. The van der Waals surface area contributed by atoms with E-state index in [4.69, 9.17) is 5.11 Å². The molecule has 0 spiro atoms. The molecule has 1 aromatic rings. The van der Waals surface area contributed by atoms with Gasteiger partial charge in [0.15, 0.2) is 0 Å². The fraction of sp³-hybridized carbons (Fsp3) is 0.438. The van der Waals surface area contributed by atoms with E-state index in [1.54, 1.807) is 0 Å². The van der Waals surface area contributed by atoms with E-state index in [9.17, 15) is 4.79 Å². The first-order valence-electron chi connectivity index (χ1n) is 6.67. The Bertz CT molecular complexity index is 402. The molecule has 0 aliphatic rings. The summed E-state index contributed by atoms with van der Waals surface area (Å²) in [4.78, 5) is 10.6. The average molecular weight is 246 g/mol. The minimum Gasteiger partial charge on any atom is -0.481 e. The molecule has 0 amide bonds. The van der Waals surface area contributed by atoms with Crippen LogP contribution in [0.1, 0.15) is 50.7 Å². The molecule has 98 valence electrons. The SMILES string of the molecule is CCC/C(=C\CC(=O)O)c1ccc(CCC)cc1. The zero-order valence-electron chi connectivity index (χ0n) is 11.3. The summed E-state index contributed by atoms with van der Waals surface area (Å²) in [6.07, 6.45) is 6.15. The summed E-state index contributed by atoms with van der Waals surface area (Å²) in [5, 5.41) is 8.75. The molecule has 0 heterocycles. The highest BCUT2D eigenvalue weighted by atomic mass is 16.4. The molecule has 0 aliphatic heterocycles. The monoisotopic (exact) mass is 246 g/mol. The van der Waals surface area contributed by atoms with Crippen molar-refractivity contribution in [3.05, 3.63) is 41.5 Å². The fourth-order valence-corrected chi connectivity index (χ4v) is 2.02. The van der Waals surface area contributed by atoms with Gasteiger partial charge in [-0.25, -0.2) is 0 Å². The molecule has 18 heavy (non-hydrogen) atoms. The second kappa shape index (κ2) is 7.70. The van der Waals surface area contributed by atoms with E-state index >= 15 is 0 Å². The van der Waals surface area contributed by atoms with Crippen LogP contribution in [0.25, 0.3) is 5.57 Å². The Labute approximate surface area is 109 Å². The summed E-state index contributed by atoms with van der Waals surface area (Å²) in [6, 6.07) is 8.49. The highest BCUT2D eigenvalue weighted by molar-refractivity contribution is 5.74. The molecule has 2 heteroatoms. The van der Waals surface area contributed by atoms with Gasteiger partial charge in [-0.1, -0.05) is 57.0 Å². The van der Waals surface area contributed by atoms with Gasteiger partial charge < -0.3 is 5.11 Å². The summed E-state index contributed by atoms with van der Waals surface area (Å²) in [7, 11) is 0. The first kappa shape index (κ1) is 14.5. The van der Waals surface area contributed by atoms with Crippen molar-refractivity contribution in [2.24, 2.45) is 0 Å². The van der Waals surface area contributed by atoms with Crippen LogP contribution in [-0.4, -0.2) is 11.1 Å². The number of carboxylic acid groups (broad SMARTS) is 1. The molecule has 0 aliphatic carbocycles. The predicted octanol–water partition coefficient (Wildman–Crippen LogP) is 4.30. The molecule has 0 atom stereocenters. The summed E-state index contributed by atoms with van der Waals surface area (Å²) in [5.41, 5.74) is 3.64. The van der Waals surface area contributed by atoms with Crippen LogP contribution in [-0.2, 0) is 11.2 Å². The standard InChI is InChI=1S/C16H22O2/c1-3-5-13-7-9-15(10-8-13)14(6-4-2)11-12-16(17)18/h7-11H,3-6,12H2,1-2H3,(H,17,18)/b14-11+. The maximum absolute atomic E-state index is 10.6. The van der Waals surface area contributed by atoms with E-state index < -0.39 is 5.97 Å². The number of benzene rings is 1. The molecule has 1 rings (SSSR count). The first-order valence-corrected chi connectivity index (χ1v) is 6.67. The number of aliphatic carboxylic acids is 1. The predicted molar refractivity (Wildman–Crippen MR) is 75.6 cm³/mol. The Morgan fingerprint density at radius 2 is 1.83 bits per heavy atom. The number of carboxylic acids is 1. The molecule has 0 unspecified atom stereocenters. The van der Waals surface area contributed by atoms with E-state index in [-0.39, 0.29) is 6.42 Å². The number of aryl methyl sites for hydroxylation is 1. The third kappa shape index (κ3) is 4.74. The van der Waals surface area contributed by atoms with Crippen molar-refractivity contribution in [1.29, 1.82) is 0 Å². The molecule has 2 nitrogen and oxygen atoms in total. The van der Waals surface area contributed by atoms with Crippen molar-refractivity contribution < 1.29 is 9.90 Å². The maximum atomic E-state index is 10.6. The van der Waals surface area contributed by atoms with Gasteiger partial charge in [0.25, 0.3) is 0 Å². The summed E-state index contributed by atoms with van der Waals surface area (Å²) < 4.78 is 0. The smallest absolute Gasteiger partial charge is 0.307 e. The zero-order valence-corrected chi connectivity index (χ0v) is 11.3. The van der Waals surface area contributed by atoms with E-state index in [1.165, 1.54) is 5.56 Å². The van der Waals surface area contributed by atoms with Gasteiger partial charge in [0.05, 0.1) is 6.42 Å². The van der Waals surface area contributed by atoms with Crippen LogP contribution in [0.3, 0.4) is 0 Å². The van der Waals surface area contributed by atoms with Gasteiger partial charge in [0.1, 0.15) is 0 Å². The first-order chi connectivity index (χ1) is 8.67. The van der Waals surface area contributed by atoms with E-state index in [0.29, 0.717) is 0 Å². The lowest BCUT2D eigenvalue weighted by Crippen LogP contribution is -1.93. The largest absolute Gasteiger partial charge is 0.481 e. The molecule has 0 aromatic heterocycles. The third-order valence-electron chi connectivity index (χ3n) is 2.91. The number of hydrogen-bond donors (Lipinski definition) is 1. The van der Waals surface area contributed by atoms with Crippen LogP contribution >= 0.6 is 0 Å². The van der Waals surface area contributed by atoms with Crippen LogP contribution in [0, 0.1) is 0 Å². The van der Waals surface area contributed by atoms with Crippen molar-refractivity contribution in [1.82, 2.24) is 0 Å². The Kier molecular flexibility index (Phi) is 6.20. The number of hydrogen-bond acceptors (Lipinski definition) is 1. The molecule has 0 saturated carbocycles. The Balaban J connectivity index is 2.84. The fourth-order valence-electron chi connectivity index (χ4n) is 2.02. The Morgan fingerprint density at radius 1 is 1.17 bits per heavy atom. The molecule has 0 bridgehead atoms. The normalized spacial score (nSPS) is 11.6. The lowest BCUT2D eigenvalue weighted by atomic mass is 9.98. The lowest BCUT2D eigenvalue weighted by Gasteiger charge is -2.07. The van der Waals surface area contributed by atoms with Gasteiger partial charge in [-0.05, 0) is 29.5 Å². The van der Waals surface area contributed by atoms with Crippen molar-refractivity contribution >= 4 is 11.5 Å². The van der Waals surface area contributed by atoms with Crippen LogP contribution in [0.5, 0.6) is 0 Å². The number of rotatable bonds is 7. The van der Waals surface area contributed by atoms with E-state index in [0.717, 1.165) is 36.8 Å². The minimum absolute atomic E-state index is 0.103. The third-order valence-corrected chi connectivity index (χ3v) is 2.91. The van der Waals surface area contributed by atoms with E-state index in [2.05, 4.69) is 38.1 Å². The molecule has 1 aromatic carbocycles. The Morgan fingerprint density at radius 3 is 2.33 bits per heavy atom. The second-order valence-electron chi connectivity index (χ2n) is 4.52. The lowest BCUT2D eigenvalue weighted by molar-refractivity contribution is -0.135. The van der Waals surface area contributed by atoms with Gasteiger partial charge in [-0.2, -0.15) is 0 Å². The highest BCUT2D eigenvalue weighted by Gasteiger charge is 2.02. The average Bonchev–Trinajstić information content (AvgIpc) is 2.36. The number of allylic oxidation sites excluding steroid dienone is 1. The summed E-state index contributed by atoms with van der Waals surface area (Å²) >= 11 is 0. The summed E-state index contributed by atoms with van der Waals surface area (Å²) in [5.74, 6) is -0.772. The van der Waals surface area contributed by atoms with Crippen LogP contribution in [0.15, 0.2) is 30.3 Å². The van der Waals surface area contributed by atoms with Crippen molar-refractivity contribution in [3.8, 4) is 0 Å². The number of carbonyl (C=O) groups is 1. The van der Waals surface area contributed by atoms with Gasteiger partial charge in [-0.3, -0.25) is 4.79 Å². The van der Waals surface area contributed by atoms with Gasteiger partial charge in [0.2, 0.25) is 0 Å². The second-order valence-corrected chi connectivity index (χ2v) is 4.52. The topological polar surface area (TPSA) is 37.3 Å². The van der Waals surface area contributed by atoms with Crippen LogP contribution in [0.4, 0.5) is 0 Å². The molecular weight excluding hydrogens is 224 g/mol. The molecule has 0 radical (unpaired) electrons. The van der Waals surface area contributed by atoms with Crippen LogP contribution < -0.4 is 0 Å². The van der Waals surface area contributed by atoms with Crippen molar-refractivity contribution in [2.45, 2.75) is 46.0 Å². The Hall–Kier alpha value is -1.57. The van der Waals surface area contributed by atoms with Crippen LogP contribution in [0.2, 0.25) is 0 Å². The molecule has 1 N–H and O–H groups in total. The quantitative estimate of drug-likeness (QED) is 0.779. The van der Waals surface area contributed by atoms with Gasteiger partial charge >= 0.3 is 5.97 Å². The molecule has 0 fully saturated rings.